The first-order valence-electron chi connectivity index (χ1n) is 9.81. The number of hydrogen-bond donors (Lipinski definition) is 1. The Hall–Kier alpha value is -2.42. The number of ether oxygens (including phenoxy) is 1. The van der Waals surface area contributed by atoms with Gasteiger partial charge in [0.2, 0.25) is 15.9 Å². The maximum Gasteiger partial charge on any atom is 0.241 e. The number of carbonyl (C=O) groups excluding carboxylic acids is 1. The first-order chi connectivity index (χ1) is 14.0. The van der Waals surface area contributed by atoms with Crippen LogP contribution in [0.25, 0.3) is 0 Å². The van der Waals surface area contributed by atoms with Gasteiger partial charge in [-0.25, -0.2) is 13.6 Å². The van der Waals surface area contributed by atoms with Crippen molar-refractivity contribution in [3.05, 3.63) is 52.6 Å². The standard InChI is InChI=1S/C22H29N3O4S/c1-14-8-17(9-15(2)22(14)29-5)12-24(4)13-21(26)25-16(3)10-18-11-19(30(23,27)28)6-7-20(18)25/h6-9,11,16H,10,12-13H2,1-5H3,(H2,23,27,28). The molecule has 0 fully saturated rings. The van der Waals surface area contributed by atoms with Crippen LogP contribution in [0.15, 0.2) is 35.2 Å². The molecule has 2 N–H and O–H groups in total. The maximum absolute atomic E-state index is 13.1. The number of methoxy groups -OCH3 is 1. The van der Waals surface area contributed by atoms with Gasteiger partial charge in [0.05, 0.1) is 18.6 Å². The Morgan fingerprint density at radius 3 is 2.43 bits per heavy atom. The van der Waals surface area contributed by atoms with Crippen molar-refractivity contribution in [3.63, 3.8) is 0 Å². The normalized spacial score (nSPS) is 16.1. The summed E-state index contributed by atoms with van der Waals surface area (Å²) in [5.41, 5.74) is 4.84. The number of primary sulfonamides is 1. The number of anilines is 1. The van der Waals surface area contributed by atoms with Gasteiger partial charge in [0.25, 0.3) is 0 Å². The van der Waals surface area contributed by atoms with Crippen LogP contribution < -0.4 is 14.8 Å². The minimum absolute atomic E-state index is 0.0194. The summed E-state index contributed by atoms with van der Waals surface area (Å²) in [6, 6.07) is 8.82. The fourth-order valence-electron chi connectivity index (χ4n) is 4.29. The molecule has 0 saturated carbocycles. The van der Waals surface area contributed by atoms with Crippen LogP contribution in [0.4, 0.5) is 5.69 Å². The third-order valence-electron chi connectivity index (χ3n) is 5.45. The van der Waals surface area contributed by atoms with Crippen LogP contribution in [0.1, 0.15) is 29.2 Å². The van der Waals surface area contributed by atoms with Gasteiger partial charge in [-0.05, 0) is 74.7 Å². The largest absolute Gasteiger partial charge is 0.496 e. The molecule has 162 valence electrons. The number of carbonyl (C=O) groups is 1. The lowest BCUT2D eigenvalue weighted by Crippen LogP contribution is -2.42. The number of rotatable bonds is 6. The van der Waals surface area contributed by atoms with Crippen LogP contribution >= 0.6 is 0 Å². The molecule has 30 heavy (non-hydrogen) atoms. The van der Waals surface area contributed by atoms with Crippen LogP contribution in [0.2, 0.25) is 0 Å². The molecule has 1 heterocycles. The molecular formula is C22H29N3O4S. The van der Waals surface area contributed by atoms with Crippen LogP contribution in [0.5, 0.6) is 5.75 Å². The predicted octanol–water partition coefficient (Wildman–Crippen LogP) is 2.37. The van der Waals surface area contributed by atoms with E-state index in [0.29, 0.717) is 13.0 Å². The molecule has 3 rings (SSSR count). The lowest BCUT2D eigenvalue weighted by molar-refractivity contribution is -0.119. The van der Waals surface area contributed by atoms with E-state index in [1.165, 1.54) is 6.07 Å². The summed E-state index contributed by atoms with van der Waals surface area (Å²) in [6.07, 6.45) is 0.602. The second kappa shape index (κ2) is 8.37. The molecule has 0 aliphatic carbocycles. The molecule has 2 aromatic carbocycles. The summed E-state index contributed by atoms with van der Waals surface area (Å²) in [7, 11) is -0.183. The molecule has 1 atom stereocenters. The lowest BCUT2D eigenvalue weighted by Gasteiger charge is -2.26. The van der Waals surface area contributed by atoms with Gasteiger partial charge in [-0.15, -0.1) is 0 Å². The lowest BCUT2D eigenvalue weighted by atomic mass is 10.1. The number of nitrogens with zero attached hydrogens (tertiary/aromatic N) is 2. The van der Waals surface area contributed by atoms with E-state index in [9.17, 15) is 13.2 Å². The average molecular weight is 432 g/mol. The number of likely N-dealkylation sites (N-methyl/N-ethyl adjacent to an activating group) is 1. The van der Waals surface area contributed by atoms with Crippen molar-refractivity contribution in [2.24, 2.45) is 5.14 Å². The Morgan fingerprint density at radius 1 is 1.23 bits per heavy atom. The highest BCUT2D eigenvalue weighted by atomic mass is 32.2. The monoisotopic (exact) mass is 431 g/mol. The Kier molecular flexibility index (Phi) is 6.21. The first-order valence-corrected chi connectivity index (χ1v) is 11.4. The summed E-state index contributed by atoms with van der Waals surface area (Å²) >= 11 is 0. The SMILES string of the molecule is COc1c(C)cc(CN(C)CC(=O)N2c3ccc(S(N)(=O)=O)cc3CC2C)cc1C. The molecular weight excluding hydrogens is 402 g/mol. The minimum atomic E-state index is -3.77. The fourth-order valence-corrected chi connectivity index (χ4v) is 4.86. The van der Waals surface area contributed by atoms with Crippen molar-refractivity contribution in [2.75, 3.05) is 25.6 Å². The van der Waals surface area contributed by atoms with Crippen LogP contribution in [0.3, 0.4) is 0 Å². The van der Waals surface area contributed by atoms with E-state index in [0.717, 1.165) is 33.7 Å². The Morgan fingerprint density at radius 2 is 1.87 bits per heavy atom. The molecule has 1 amide bonds. The maximum atomic E-state index is 13.1. The highest BCUT2D eigenvalue weighted by Gasteiger charge is 2.32. The van der Waals surface area contributed by atoms with Gasteiger partial charge in [-0.2, -0.15) is 0 Å². The predicted molar refractivity (Wildman–Crippen MR) is 117 cm³/mol. The second-order valence-corrected chi connectivity index (χ2v) is 9.65. The van der Waals surface area contributed by atoms with E-state index < -0.39 is 10.0 Å². The number of benzene rings is 2. The van der Waals surface area contributed by atoms with Crippen molar-refractivity contribution >= 4 is 21.6 Å². The summed E-state index contributed by atoms with van der Waals surface area (Å²) in [6.45, 7) is 6.88. The zero-order chi connectivity index (χ0) is 22.2. The number of hydrogen-bond acceptors (Lipinski definition) is 5. The van der Waals surface area contributed by atoms with E-state index in [2.05, 4.69) is 12.1 Å². The van der Waals surface area contributed by atoms with E-state index in [1.54, 1.807) is 24.1 Å². The molecule has 0 spiro atoms. The molecule has 1 unspecified atom stereocenters. The number of aryl methyl sites for hydroxylation is 2. The van der Waals surface area contributed by atoms with Crippen molar-refractivity contribution < 1.29 is 17.9 Å². The third-order valence-corrected chi connectivity index (χ3v) is 6.36. The van der Waals surface area contributed by atoms with Gasteiger partial charge in [0, 0.05) is 18.3 Å². The average Bonchev–Trinajstić information content (AvgIpc) is 2.95. The van der Waals surface area contributed by atoms with Crippen LogP contribution in [0, 0.1) is 13.8 Å². The van der Waals surface area contributed by atoms with Crippen molar-refractivity contribution in [1.29, 1.82) is 0 Å². The molecule has 0 saturated heterocycles. The number of sulfonamides is 1. The van der Waals surface area contributed by atoms with Crippen molar-refractivity contribution in [2.45, 2.75) is 44.7 Å². The topological polar surface area (TPSA) is 92.9 Å². The van der Waals surface area contributed by atoms with Gasteiger partial charge in [-0.3, -0.25) is 9.69 Å². The Labute approximate surface area is 178 Å². The number of fused-ring (bicyclic) bond motifs is 1. The van der Waals surface area contributed by atoms with Gasteiger partial charge in [0.15, 0.2) is 0 Å². The van der Waals surface area contributed by atoms with E-state index in [4.69, 9.17) is 9.88 Å². The minimum Gasteiger partial charge on any atom is -0.496 e. The molecule has 1 aliphatic rings. The highest BCUT2D eigenvalue weighted by molar-refractivity contribution is 7.89. The molecule has 0 aromatic heterocycles. The molecule has 0 radical (unpaired) electrons. The third kappa shape index (κ3) is 4.50. The summed E-state index contributed by atoms with van der Waals surface area (Å²) in [5.74, 6) is 0.868. The zero-order valence-electron chi connectivity index (χ0n) is 18.1. The van der Waals surface area contributed by atoms with E-state index in [-0.39, 0.29) is 23.4 Å². The Bertz CT molecular complexity index is 1060. The van der Waals surface area contributed by atoms with Gasteiger partial charge >= 0.3 is 0 Å². The van der Waals surface area contributed by atoms with Gasteiger partial charge in [0.1, 0.15) is 5.75 Å². The van der Waals surface area contributed by atoms with Crippen molar-refractivity contribution in [1.82, 2.24) is 4.90 Å². The smallest absolute Gasteiger partial charge is 0.241 e. The summed E-state index contributed by atoms with van der Waals surface area (Å²) in [5, 5.41) is 5.24. The van der Waals surface area contributed by atoms with Gasteiger partial charge < -0.3 is 9.64 Å². The fraction of sp³-hybridized carbons (Fsp3) is 0.409. The number of nitrogens with two attached hydrogens (primary N) is 1. The molecule has 2 aromatic rings. The Balaban J connectivity index is 1.74. The highest BCUT2D eigenvalue weighted by Crippen LogP contribution is 2.34. The molecule has 8 heteroatoms. The van der Waals surface area contributed by atoms with Crippen LogP contribution in [-0.2, 0) is 27.8 Å². The second-order valence-electron chi connectivity index (χ2n) is 8.09. The van der Waals surface area contributed by atoms with Crippen molar-refractivity contribution in [3.8, 4) is 5.75 Å². The zero-order valence-corrected chi connectivity index (χ0v) is 18.9. The van der Waals surface area contributed by atoms with E-state index >= 15 is 0 Å². The summed E-state index contributed by atoms with van der Waals surface area (Å²) < 4.78 is 28.7. The van der Waals surface area contributed by atoms with Gasteiger partial charge in [-0.1, -0.05) is 12.1 Å². The summed E-state index contributed by atoms with van der Waals surface area (Å²) in [4.78, 5) is 16.9. The quantitative estimate of drug-likeness (QED) is 0.758. The first kappa shape index (κ1) is 22.3. The van der Waals surface area contributed by atoms with E-state index in [1.807, 2.05) is 32.7 Å². The molecule has 7 nitrogen and oxygen atoms in total. The van der Waals surface area contributed by atoms with Crippen LogP contribution in [-0.4, -0.2) is 46.0 Å². The molecule has 0 bridgehead atoms. The number of amides is 1. The molecule has 1 aliphatic heterocycles.